The zero-order chi connectivity index (χ0) is 65.8. The third-order valence-electron chi connectivity index (χ3n) is 17.8. The molecule has 4 aromatic carbocycles. The summed E-state index contributed by atoms with van der Waals surface area (Å²) in [5, 5.41) is 10.8. The minimum atomic E-state index is -5.90. The van der Waals surface area contributed by atoms with Crippen LogP contribution in [0, 0.1) is 17.8 Å². The van der Waals surface area contributed by atoms with Crippen molar-refractivity contribution >= 4 is 92.0 Å². The lowest BCUT2D eigenvalue weighted by Crippen LogP contribution is -2.62. The standard InChI is InChI=1S/C64H70F2N9O14PS2/c1-2-72-30-29-43-18-22-52(75(43)63(84)50(37-72)70-60(81)54-35-41-34-42(17-24-53(41)91-54)64(65,66)90(85,86)87)59(80)68-48(21-25-55(67)76)57(78)69-49(33-39-15-19-45(20-16-39)92(88,89)44-12-4-3-5-13-44)62(83)73-31-27-38(28-32-73)9-6-7-10-40-11-8-14-46-47(40)36-74(61(46)82)51-23-26-56(77)71-58(51)79/h3-5,8,11-17,19-20,24,34-35,38,43,48-52H,2,6,9,18,21-23,25-33,36-37H2,1H3,(H2,67,76)(H,68,80)(H,69,78)(H,70,81)(H,71,77,79)(H2,85,86,87)/t43-,48+,49+,50+,51?,52+/m1/s1. The maximum atomic E-state index is 14.8. The fourth-order valence-corrected chi connectivity index (χ4v) is 15.4. The molecule has 6 heterocycles. The lowest BCUT2D eigenvalue weighted by Gasteiger charge is -2.38. The largest absolute Gasteiger partial charge is 0.399 e. The second-order valence-corrected chi connectivity index (χ2v) is 28.5. The van der Waals surface area contributed by atoms with Crippen LogP contribution >= 0.6 is 18.9 Å². The summed E-state index contributed by atoms with van der Waals surface area (Å²) >= 11 is 0.907. The van der Waals surface area contributed by atoms with E-state index in [1.807, 2.05) is 17.9 Å². The van der Waals surface area contributed by atoms with Crippen LogP contribution in [0.4, 0.5) is 8.78 Å². The summed E-state index contributed by atoms with van der Waals surface area (Å²) in [5.41, 5.74) is 2.47. The number of piperidine rings is 2. The van der Waals surface area contributed by atoms with Crippen molar-refractivity contribution in [1.82, 2.24) is 40.9 Å². The lowest BCUT2D eigenvalue weighted by atomic mass is 9.91. The van der Waals surface area contributed by atoms with Crippen LogP contribution in [0.25, 0.3) is 10.1 Å². The number of thiophene rings is 1. The average Bonchev–Trinajstić information content (AvgIpc) is 1.93. The van der Waals surface area contributed by atoms with Crippen LogP contribution in [0.1, 0.15) is 120 Å². The lowest BCUT2D eigenvalue weighted by molar-refractivity contribution is -0.144. The van der Waals surface area contributed by atoms with Gasteiger partial charge in [-0.25, -0.2) is 8.42 Å². The number of imide groups is 1. The number of nitrogens with one attached hydrogen (secondary N) is 4. The fourth-order valence-electron chi connectivity index (χ4n) is 12.7. The quantitative estimate of drug-likeness (QED) is 0.0322. The molecular formula is C64H70F2N9O14PS2. The number of carbonyl (C=O) groups is 9. The number of nitrogens with zero attached hydrogens (tertiary/aromatic N) is 4. The van der Waals surface area contributed by atoms with Gasteiger partial charge in [-0.1, -0.05) is 61.2 Å². The Morgan fingerprint density at radius 2 is 1.59 bits per heavy atom. The second-order valence-electron chi connectivity index (χ2n) is 23.8. The number of likely N-dealkylation sites (N-methyl/N-ethyl adjacent to an activating group) is 1. The molecule has 1 unspecified atom stereocenters. The SMILES string of the molecule is CCN1CC[C@H]2CC[C@@H](C(=O)N[C@@H](CCC(N)=O)C(=O)N[C@@H](Cc3ccc(S(=O)(=O)c4ccccc4)cc3)C(=O)N3CCC(CCC#Cc4cccc5c4CN(C4CCC(=O)NC4=O)C5=O)CC3)N2C(=O)[C@@H](NC(=O)c2cc3cc(C(F)(F)P(=O)(O)O)ccc3s2)C1. The molecule has 92 heavy (non-hydrogen) atoms. The van der Waals surface area contributed by atoms with Crippen molar-refractivity contribution in [2.24, 2.45) is 11.7 Å². The molecule has 0 saturated carbocycles. The highest BCUT2D eigenvalue weighted by Crippen LogP contribution is 2.59. The summed E-state index contributed by atoms with van der Waals surface area (Å²) in [7, 11) is -9.82. The zero-order valence-electron chi connectivity index (χ0n) is 50.2. The smallest absolute Gasteiger partial charge is 0.370 e. The highest BCUT2D eigenvalue weighted by atomic mass is 32.2. The van der Waals surface area contributed by atoms with Gasteiger partial charge >= 0.3 is 13.3 Å². The van der Waals surface area contributed by atoms with E-state index in [1.165, 1.54) is 46.2 Å². The predicted octanol–water partition coefficient (Wildman–Crippen LogP) is 4.45. The number of fused-ring (bicyclic) bond motifs is 3. The minimum Gasteiger partial charge on any atom is -0.370 e. The Kier molecular flexibility index (Phi) is 20.2. The molecule has 9 amide bonds. The maximum absolute atomic E-state index is 14.8. The highest BCUT2D eigenvalue weighted by molar-refractivity contribution is 7.91. The number of hydrogen-bond donors (Lipinski definition) is 7. The van der Waals surface area contributed by atoms with E-state index in [2.05, 4.69) is 33.1 Å². The van der Waals surface area contributed by atoms with E-state index in [0.29, 0.717) is 91.7 Å². The van der Waals surface area contributed by atoms with Gasteiger partial charge in [0.2, 0.25) is 51.2 Å². The maximum Gasteiger partial charge on any atom is 0.399 e. The van der Waals surface area contributed by atoms with Crippen LogP contribution in [-0.4, -0.2) is 160 Å². The molecule has 0 bridgehead atoms. The molecule has 23 nitrogen and oxygen atoms in total. The molecule has 486 valence electrons. The van der Waals surface area contributed by atoms with Gasteiger partial charge in [0.25, 0.3) is 11.8 Å². The van der Waals surface area contributed by atoms with Crippen LogP contribution in [0.3, 0.4) is 0 Å². The number of benzene rings is 4. The first-order valence-corrected chi connectivity index (χ1v) is 34.4. The van der Waals surface area contributed by atoms with Crippen molar-refractivity contribution in [3.63, 3.8) is 0 Å². The number of primary amides is 1. The van der Waals surface area contributed by atoms with E-state index in [9.17, 15) is 74.7 Å². The van der Waals surface area contributed by atoms with Gasteiger partial charge < -0.3 is 51.1 Å². The van der Waals surface area contributed by atoms with Gasteiger partial charge in [0.1, 0.15) is 30.2 Å². The van der Waals surface area contributed by atoms with Crippen molar-refractivity contribution < 1.29 is 74.7 Å². The minimum absolute atomic E-state index is 0.00457. The number of hydrogen-bond acceptors (Lipinski definition) is 14. The molecule has 1 aromatic heterocycles. The third-order valence-corrected chi connectivity index (χ3v) is 21.7. The number of likely N-dealkylation sites (tertiary alicyclic amines) is 1. The number of alkyl halides is 2. The van der Waals surface area contributed by atoms with Crippen LogP contribution in [0.15, 0.2) is 107 Å². The van der Waals surface area contributed by atoms with E-state index in [1.54, 1.807) is 47.4 Å². The summed E-state index contributed by atoms with van der Waals surface area (Å²) in [6, 6.07) is 16.8. The Labute approximate surface area is 533 Å². The summed E-state index contributed by atoms with van der Waals surface area (Å²) < 4.78 is 68.4. The van der Waals surface area contributed by atoms with Gasteiger partial charge in [-0.2, -0.15) is 8.78 Å². The Morgan fingerprint density at radius 1 is 0.859 bits per heavy atom. The van der Waals surface area contributed by atoms with Gasteiger partial charge in [0, 0.05) is 85.8 Å². The molecule has 5 aliphatic rings. The van der Waals surface area contributed by atoms with Crippen molar-refractivity contribution in [2.45, 2.75) is 142 Å². The molecule has 28 heteroatoms. The number of amides is 9. The van der Waals surface area contributed by atoms with E-state index < -0.39 is 106 Å². The number of rotatable bonds is 20. The van der Waals surface area contributed by atoms with E-state index >= 15 is 0 Å². The Balaban J connectivity index is 0.827. The second kappa shape index (κ2) is 27.9. The van der Waals surface area contributed by atoms with Crippen LogP contribution < -0.4 is 27.0 Å². The normalized spacial score (nSPS) is 20.6. The zero-order valence-corrected chi connectivity index (χ0v) is 52.7. The third kappa shape index (κ3) is 14.7. The monoisotopic (exact) mass is 1320 g/mol. The highest BCUT2D eigenvalue weighted by Gasteiger charge is 2.51. The first-order chi connectivity index (χ1) is 43.8. The Bertz CT molecular complexity index is 3960. The Hall–Kier alpha value is -8.25. The fraction of sp³-hybridized carbons (Fsp3) is 0.422. The molecule has 4 saturated heterocycles. The van der Waals surface area contributed by atoms with Gasteiger partial charge in [0.05, 0.1) is 14.7 Å². The summed E-state index contributed by atoms with van der Waals surface area (Å²) in [6.45, 7) is 3.67. The van der Waals surface area contributed by atoms with Gasteiger partial charge in [0.15, 0.2) is 0 Å². The molecule has 6 atom stereocenters. The van der Waals surface area contributed by atoms with E-state index in [0.717, 1.165) is 23.5 Å². The summed E-state index contributed by atoms with van der Waals surface area (Å²) in [6.07, 6.45) is 2.93. The van der Waals surface area contributed by atoms with Gasteiger partial charge in [-0.15, -0.1) is 11.3 Å². The molecule has 0 radical (unpaired) electrons. The molecule has 10 rings (SSSR count). The molecular weight excluding hydrogens is 1250 g/mol. The van der Waals surface area contributed by atoms with E-state index in [-0.39, 0.29) is 89.4 Å². The first kappa shape index (κ1) is 66.7. The van der Waals surface area contributed by atoms with Crippen LogP contribution in [-0.2, 0) is 66.6 Å². The topological polar surface area (TPSA) is 332 Å². The van der Waals surface area contributed by atoms with Crippen molar-refractivity contribution in [1.29, 1.82) is 0 Å². The summed E-state index contributed by atoms with van der Waals surface area (Å²) in [5.74, 6) is 1.23. The Morgan fingerprint density at radius 3 is 2.28 bits per heavy atom. The molecule has 5 aromatic rings. The predicted molar refractivity (Wildman–Crippen MR) is 332 cm³/mol. The number of nitrogens with two attached hydrogens (primary N) is 1. The van der Waals surface area contributed by atoms with Crippen molar-refractivity contribution in [2.75, 3.05) is 32.7 Å². The van der Waals surface area contributed by atoms with Gasteiger partial charge in [-0.3, -0.25) is 53.0 Å². The molecule has 8 N–H and O–H groups in total. The van der Waals surface area contributed by atoms with Crippen LogP contribution in [0.2, 0.25) is 0 Å². The van der Waals surface area contributed by atoms with E-state index in [4.69, 9.17) is 5.73 Å². The molecule has 0 aliphatic carbocycles. The number of sulfone groups is 1. The van der Waals surface area contributed by atoms with Crippen molar-refractivity contribution in [3.05, 3.63) is 130 Å². The molecule has 5 aliphatic heterocycles. The molecule has 4 fully saturated rings. The van der Waals surface area contributed by atoms with Crippen LogP contribution in [0.5, 0.6) is 0 Å². The van der Waals surface area contributed by atoms with Gasteiger partial charge in [-0.05, 0) is 135 Å². The first-order valence-electron chi connectivity index (χ1n) is 30.5. The molecule has 0 spiro atoms. The summed E-state index contributed by atoms with van der Waals surface area (Å²) in [4.78, 5) is 148. The number of halogens is 2. The number of carbonyl (C=O) groups excluding carboxylic acids is 9. The average molecular weight is 1320 g/mol. The van der Waals surface area contributed by atoms with Crippen molar-refractivity contribution in [3.8, 4) is 11.8 Å².